The second kappa shape index (κ2) is 10.1. The normalized spacial score (nSPS) is 14.7. The number of carbonyl (C=O) groups excluding carboxylic acids is 2. The average Bonchev–Trinajstić information content (AvgIpc) is 2.65. The van der Waals surface area contributed by atoms with Gasteiger partial charge in [0.1, 0.15) is 5.69 Å². The molecular weight excluding hydrogens is 360 g/mol. The number of rotatable bonds is 7. The number of esters is 1. The maximum Gasteiger partial charge on any atom is 0.397 e. The van der Waals surface area contributed by atoms with E-state index in [4.69, 9.17) is 10.5 Å². The van der Waals surface area contributed by atoms with Crippen LogP contribution in [0, 0.1) is 0 Å². The monoisotopic (exact) mass is 384 g/mol. The summed E-state index contributed by atoms with van der Waals surface area (Å²) >= 11 is 1.30. The highest BCUT2D eigenvalue weighted by atomic mass is 32.2. The van der Waals surface area contributed by atoms with E-state index in [0.717, 1.165) is 32.8 Å². The molecule has 0 unspecified atom stereocenters. The van der Waals surface area contributed by atoms with Crippen molar-refractivity contribution in [2.24, 2.45) is 0 Å². The lowest BCUT2D eigenvalue weighted by Gasteiger charge is -2.26. The Morgan fingerprint density at radius 3 is 2.65 bits per heavy atom. The number of thioether (sulfide) groups is 1. The number of hydrogen-bond donors (Lipinski definition) is 3. The molecule has 144 valence electrons. The molecule has 2 rings (SSSR count). The number of hydrogen-bond acceptors (Lipinski definition) is 10. The minimum atomic E-state index is -0.988. The standard InChI is InChI=1S/C15H24N6O4S/c1-3-25-14(23)13(22)18-12-10(16)11(19-15(20-12)26-2)17-4-5-21-6-8-24-9-7-21/h3-9,16H2,1-2H3,(H2,17,18,19,20,22). The smallest absolute Gasteiger partial charge is 0.397 e. The second-order valence-corrected chi connectivity index (χ2v) is 6.15. The zero-order valence-electron chi connectivity index (χ0n) is 14.9. The van der Waals surface area contributed by atoms with Crippen molar-refractivity contribution in [1.82, 2.24) is 14.9 Å². The molecule has 1 aliphatic heterocycles. The molecule has 26 heavy (non-hydrogen) atoms. The summed E-state index contributed by atoms with van der Waals surface area (Å²) in [5.74, 6) is -1.42. The van der Waals surface area contributed by atoms with Crippen LogP contribution in [0.25, 0.3) is 0 Å². The van der Waals surface area contributed by atoms with Gasteiger partial charge in [-0.05, 0) is 13.2 Å². The third-order valence-corrected chi connectivity index (χ3v) is 4.17. The molecular formula is C15H24N6O4S. The van der Waals surface area contributed by atoms with Gasteiger partial charge in [-0.2, -0.15) is 0 Å². The predicted molar refractivity (Wildman–Crippen MR) is 99.2 cm³/mol. The SMILES string of the molecule is CCOC(=O)C(=O)Nc1nc(SC)nc(NCCN2CCOCC2)c1N. The number of ether oxygens (including phenoxy) is 2. The lowest BCUT2D eigenvalue weighted by Crippen LogP contribution is -2.39. The summed E-state index contributed by atoms with van der Waals surface area (Å²) in [5, 5.41) is 5.97. The molecule has 1 saturated heterocycles. The maximum absolute atomic E-state index is 11.8. The molecule has 0 aliphatic carbocycles. The van der Waals surface area contributed by atoms with Gasteiger partial charge in [0.2, 0.25) is 0 Å². The van der Waals surface area contributed by atoms with Crippen molar-refractivity contribution >= 4 is 41.0 Å². The molecule has 2 heterocycles. The highest BCUT2D eigenvalue weighted by Gasteiger charge is 2.20. The van der Waals surface area contributed by atoms with Crippen LogP contribution in [0.3, 0.4) is 0 Å². The van der Waals surface area contributed by atoms with Crippen LogP contribution in [0.15, 0.2) is 5.16 Å². The van der Waals surface area contributed by atoms with Crippen molar-refractivity contribution in [3.05, 3.63) is 0 Å². The number of nitrogens with two attached hydrogens (primary N) is 1. The van der Waals surface area contributed by atoms with Gasteiger partial charge in [-0.3, -0.25) is 15.0 Å². The fourth-order valence-electron chi connectivity index (χ4n) is 2.28. The van der Waals surface area contributed by atoms with Gasteiger partial charge >= 0.3 is 11.9 Å². The van der Waals surface area contributed by atoms with Crippen LogP contribution in [0.4, 0.5) is 17.3 Å². The minimum Gasteiger partial charge on any atom is -0.459 e. The fraction of sp³-hybridized carbons (Fsp3) is 0.600. The molecule has 0 bridgehead atoms. The van der Waals surface area contributed by atoms with Gasteiger partial charge in [0.05, 0.1) is 19.8 Å². The molecule has 0 radical (unpaired) electrons. The molecule has 0 saturated carbocycles. The average molecular weight is 384 g/mol. The Balaban J connectivity index is 2.03. The molecule has 10 nitrogen and oxygen atoms in total. The van der Waals surface area contributed by atoms with E-state index in [0.29, 0.717) is 17.5 Å². The first kappa shape index (κ1) is 20.2. The molecule has 1 aliphatic rings. The van der Waals surface area contributed by atoms with Gasteiger partial charge in [0.15, 0.2) is 16.8 Å². The van der Waals surface area contributed by atoms with Crippen molar-refractivity contribution in [2.45, 2.75) is 12.1 Å². The Labute approximate surface area is 156 Å². The maximum atomic E-state index is 11.8. The molecule has 0 atom stereocenters. The summed E-state index contributed by atoms with van der Waals surface area (Å²) in [6.07, 6.45) is 1.81. The number of nitrogen functional groups attached to an aromatic ring is 1. The number of anilines is 3. The first-order chi connectivity index (χ1) is 12.5. The highest BCUT2D eigenvalue weighted by molar-refractivity contribution is 7.98. The minimum absolute atomic E-state index is 0.0799. The Bertz CT molecular complexity index is 639. The van der Waals surface area contributed by atoms with E-state index in [1.165, 1.54) is 11.8 Å². The van der Waals surface area contributed by atoms with Crippen LogP contribution < -0.4 is 16.4 Å². The number of morpholine rings is 1. The van der Waals surface area contributed by atoms with Crippen LogP contribution in [0.1, 0.15) is 6.92 Å². The Kier molecular flexibility index (Phi) is 7.88. The Hall–Kier alpha value is -2.11. The summed E-state index contributed by atoms with van der Waals surface area (Å²) < 4.78 is 9.98. The van der Waals surface area contributed by atoms with Gasteiger partial charge in [0.25, 0.3) is 0 Å². The van der Waals surface area contributed by atoms with Gasteiger partial charge in [-0.25, -0.2) is 14.8 Å². The zero-order chi connectivity index (χ0) is 18.9. The molecule has 4 N–H and O–H groups in total. The van der Waals surface area contributed by atoms with E-state index in [1.54, 1.807) is 13.2 Å². The molecule has 1 amide bonds. The molecule has 11 heteroatoms. The number of amides is 1. The van der Waals surface area contributed by atoms with Crippen LogP contribution in [-0.4, -0.2) is 79.0 Å². The second-order valence-electron chi connectivity index (χ2n) is 5.38. The molecule has 1 fully saturated rings. The fourth-order valence-corrected chi connectivity index (χ4v) is 2.65. The van der Waals surface area contributed by atoms with E-state index in [1.807, 2.05) is 0 Å². The lowest BCUT2D eigenvalue weighted by atomic mass is 10.4. The van der Waals surface area contributed by atoms with Gasteiger partial charge < -0.3 is 20.5 Å². The summed E-state index contributed by atoms with van der Waals surface area (Å²) in [6.45, 7) is 6.40. The third kappa shape index (κ3) is 5.71. The van der Waals surface area contributed by atoms with E-state index in [2.05, 4.69) is 30.2 Å². The predicted octanol–water partition coefficient (Wildman–Crippen LogP) is 0.0264. The van der Waals surface area contributed by atoms with E-state index in [9.17, 15) is 9.59 Å². The molecule has 0 aromatic carbocycles. The van der Waals surface area contributed by atoms with Crippen LogP contribution in [0.2, 0.25) is 0 Å². The summed E-state index contributed by atoms with van der Waals surface area (Å²) in [7, 11) is 0. The largest absolute Gasteiger partial charge is 0.459 e. The first-order valence-corrected chi connectivity index (χ1v) is 9.51. The van der Waals surface area contributed by atoms with E-state index >= 15 is 0 Å². The van der Waals surface area contributed by atoms with Gasteiger partial charge in [-0.1, -0.05) is 11.8 Å². The van der Waals surface area contributed by atoms with E-state index < -0.39 is 11.9 Å². The topological polar surface area (TPSA) is 132 Å². The zero-order valence-corrected chi connectivity index (χ0v) is 15.7. The molecule has 0 spiro atoms. The summed E-state index contributed by atoms with van der Waals surface area (Å²) in [5.41, 5.74) is 6.22. The molecule has 1 aromatic heterocycles. The van der Waals surface area contributed by atoms with E-state index in [-0.39, 0.29) is 18.1 Å². The van der Waals surface area contributed by atoms with Crippen molar-refractivity contribution in [3.8, 4) is 0 Å². The summed E-state index contributed by atoms with van der Waals surface area (Å²) in [6, 6.07) is 0. The Morgan fingerprint density at radius 1 is 1.31 bits per heavy atom. The number of nitrogens with one attached hydrogen (secondary N) is 2. The van der Waals surface area contributed by atoms with Crippen LogP contribution in [-0.2, 0) is 19.1 Å². The number of aromatic nitrogens is 2. The number of nitrogens with zero attached hydrogens (tertiary/aromatic N) is 3. The highest BCUT2D eigenvalue weighted by Crippen LogP contribution is 2.26. The van der Waals surface area contributed by atoms with Crippen LogP contribution >= 0.6 is 11.8 Å². The van der Waals surface area contributed by atoms with Gasteiger partial charge in [0, 0.05) is 26.2 Å². The van der Waals surface area contributed by atoms with Crippen LogP contribution in [0.5, 0.6) is 0 Å². The third-order valence-electron chi connectivity index (χ3n) is 3.62. The van der Waals surface area contributed by atoms with Crippen molar-refractivity contribution < 1.29 is 19.1 Å². The Morgan fingerprint density at radius 2 is 2.00 bits per heavy atom. The first-order valence-electron chi connectivity index (χ1n) is 8.28. The molecule has 1 aromatic rings. The van der Waals surface area contributed by atoms with Gasteiger partial charge in [-0.15, -0.1) is 0 Å². The number of carbonyl (C=O) groups is 2. The van der Waals surface area contributed by atoms with Crippen molar-refractivity contribution in [3.63, 3.8) is 0 Å². The lowest BCUT2D eigenvalue weighted by molar-refractivity contribution is -0.152. The summed E-state index contributed by atoms with van der Waals surface area (Å²) in [4.78, 5) is 34.1. The van der Waals surface area contributed by atoms with Crippen molar-refractivity contribution in [2.75, 3.05) is 68.6 Å². The quantitative estimate of drug-likeness (QED) is 0.256. The van der Waals surface area contributed by atoms with Crippen molar-refractivity contribution in [1.29, 1.82) is 0 Å².